The summed E-state index contributed by atoms with van der Waals surface area (Å²) in [6, 6.07) is 12.8. The second-order valence-electron chi connectivity index (χ2n) is 4.47. The summed E-state index contributed by atoms with van der Waals surface area (Å²) < 4.78 is 14.6. The van der Waals surface area contributed by atoms with E-state index in [9.17, 15) is 4.39 Å². The highest BCUT2D eigenvalue weighted by Gasteiger charge is 2.07. The number of nitrogens with two attached hydrogens (primary N) is 1. The van der Waals surface area contributed by atoms with E-state index < -0.39 is 0 Å². The Bertz CT molecular complexity index is 572. The van der Waals surface area contributed by atoms with Crippen LogP contribution in [0.25, 0.3) is 0 Å². The van der Waals surface area contributed by atoms with Crippen LogP contribution in [-0.2, 0) is 13.1 Å². The Morgan fingerprint density at radius 2 is 1.95 bits per heavy atom. The quantitative estimate of drug-likeness (QED) is 0.930. The highest BCUT2D eigenvalue weighted by Crippen LogP contribution is 2.23. The second-order valence-corrected chi connectivity index (χ2v) is 5.38. The highest BCUT2D eigenvalue weighted by molar-refractivity contribution is 9.10. The average Bonchev–Trinajstić information content (AvgIpc) is 2.40. The molecule has 2 nitrogen and oxygen atoms in total. The van der Waals surface area contributed by atoms with Gasteiger partial charge < -0.3 is 10.6 Å². The van der Waals surface area contributed by atoms with E-state index in [1.807, 2.05) is 36.2 Å². The molecule has 100 valence electrons. The van der Waals surface area contributed by atoms with Gasteiger partial charge in [0, 0.05) is 35.9 Å². The molecule has 0 unspecified atom stereocenters. The molecule has 0 saturated carbocycles. The highest BCUT2D eigenvalue weighted by atomic mass is 79.9. The minimum absolute atomic E-state index is 0.177. The van der Waals surface area contributed by atoms with Crippen LogP contribution in [-0.4, -0.2) is 7.05 Å². The molecule has 19 heavy (non-hydrogen) atoms. The Kier molecular flexibility index (Phi) is 4.56. The molecule has 0 bridgehead atoms. The van der Waals surface area contributed by atoms with Gasteiger partial charge in [0.1, 0.15) is 5.82 Å². The Labute approximate surface area is 121 Å². The lowest BCUT2D eigenvalue weighted by Crippen LogP contribution is -2.17. The van der Waals surface area contributed by atoms with Crippen molar-refractivity contribution < 1.29 is 4.39 Å². The smallest absolute Gasteiger partial charge is 0.128 e. The molecule has 4 heteroatoms. The molecule has 0 spiro atoms. The van der Waals surface area contributed by atoms with Crippen molar-refractivity contribution >= 4 is 21.6 Å². The Balaban J connectivity index is 2.22. The van der Waals surface area contributed by atoms with Crippen LogP contribution in [0, 0.1) is 5.82 Å². The number of hydrogen-bond acceptors (Lipinski definition) is 2. The summed E-state index contributed by atoms with van der Waals surface area (Å²) in [5, 5.41) is 0. The van der Waals surface area contributed by atoms with Crippen LogP contribution >= 0.6 is 15.9 Å². The molecule has 0 heterocycles. The van der Waals surface area contributed by atoms with E-state index >= 15 is 0 Å². The van der Waals surface area contributed by atoms with Crippen molar-refractivity contribution in [2.75, 3.05) is 11.9 Å². The maximum Gasteiger partial charge on any atom is 0.128 e. The largest absolute Gasteiger partial charge is 0.370 e. The number of halogens is 2. The third-order valence-corrected chi connectivity index (χ3v) is 3.44. The summed E-state index contributed by atoms with van der Waals surface area (Å²) in [5.41, 5.74) is 8.40. The van der Waals surface area contributed by atoms with Gasteiger partial charge in [-0.3, -0.25) is 0 Å². The molecule has 2 rings (SSSR count). The third kappa shape index (κ3) is 3.55. The molecule has 0 saturated heterocycles. The summed E-state index contributed by atoms with van der Waals surface area (Å²) in [6.45, 7) is 1.01. The fraction of sp³-hybridized carbons (Fsp3) is 0.200. The topological polar surface area (TPSA) is 29.3 Å². The van der Waals surface area contributed by atoms with E-state index in [4.69, 9.17) is 5.73 Å². The zero-order valence-corrected chi connectivity index (χ0v) is 12.3. The molecule has 2 N–H and O–H groups in total. The first-order valence-electron chi connectivity index (χ1n) is 6.04. The molecule has 0 amide bonds. The second kappa shape index (κ2) is 6.17. The first kappa shape index (κ1) is 14.0. The van der Waals surface area contributed by atoms with E-state index in [-0.39, 0.29) is 5.82 Å². The summed E-state index contributed by atoms with van der Waals surface area (Å²) in [4.78, 5) is 2.00. The van der Waals surface area contributed by atoms with Gasteiger partial charge in [-0.25, -0.2) is 4.39 Å². The van der Waals surface area contributed by atoms with Crippen molar-refractivity contribution in [2.45, 2.75) is 13.1 Å². The molecule has 0 aromatic heterocycles. The number of rotatable bonds is 4. The summed E-state index contributed by atoms with van der Waals surface area (Å²) in [6.07, 6.45) is 0. The summed E-state index contributed by atoms with van der Waals surface area (Å²) >= 11 is 3.47. The van der Waals surface area contributed by atoms with E-state index in [0.29, 0.717) is 18.7 Å². The Hall–Kier alpha value is -1.39. The molecular weight excluding hydrogens is 307 g/mol. The molecule has 0 aliphatic carbocycles. The fourth-order valence-corrected chi connectivity index (χ4v) is 2.47. The lowest BCUT2D eigenvalue weighted by Gasteiger charge is -2.21. The molecule has 0 aliphatic rings. The molecule has 0 fully saturated rings. The number of anilines is 1. The maximum absolute atomic E-state index is 13.6. The van der Waals surface area contributed by atoms with Gasteiger partial charge in [-0.05, 0) is 29.8 Å². The predicted octanol–water partition coefficient (Wildman–Crippen LogP) is 3.68. The molecule has 0 aliphatic heterocycles. The van der Waals surface area contributed by atoms with Crippen LogP contribution in [0.4, 0.5) is 10.1 Å². The van der Waals surface area contributed by atoms with Crippen molar-refractivity contribution in [1.82, 2.24) is 0 Å². The average molecular weight is 323 g/mol. The third-order valence-electron chi connectivity index (χ3n) is 2.98. The first-order chi connectivity index (χ1) is 9.10. The van der Waals surface area contributed by atoms with Crippen molar-refractivity contribution in [3.63, 3.8) is 0 Å². The molecule has 0 radical (unpaired) electrons. The van der Waals surface area contributed by atoms with Crippen LogP contribution in [0.15, 0.2) is 46.9 Å². The number of hydrogen-bond donors (Lipinski definition) is 1. The Morgan fingerprint density at radius 1 is 1.21 bits per heavy atom. The van der Waals surface area contributed by atoms with Gasteiger partial charge in [0.15, 0.2) is 0 Å². The Morgan fingerprint density at radius 3 is 2.63 bits per heavy atom. The molecule has 2 aromatic rings. The van der Waals surface area contributed by atoms with E-state index in [1.165, 1.54) is 6.07 Å². The number of nitrogens with zero attached hydrogens (tertiary/aromatic N) is 1. The van der Waals surface area contributed by atoms with Crippen molar-refractivity contribution in [1.29, 1.82) is 0 Å². The van der Waals surface area contributed by atoms with Crippen molar-refractivity contribution in [3.05, 3.63) is 63.9 Å². The minimum Gasteiger partial charge on any atom is -0.370 e. The minimum atomic E-state index is -0.177. The van der Waals surface area contributed by atoms with E-state index in [0.717, 1.165) is 15.7 Å². The van der Waals surface area contributed by atoms with Gasteiger partial charge in [0.05, 0.1) is 0 Å². The van der Waals surface area contributed by atoms with E-state index in [2.05, 4.69) is 15.9 Å². The van der Waals surface area contributed by atoms with Gasteiger partial charge in [0.2, 0.25) is 0 Å². The van der Waals surface area contributed by atoms with Gasteiger partial charge in [0.25, 0.3) is 0 Å². The van der Waals surface area contributed by atoms with Gasteiger partial charge in [-0.1, -0.05) is 34.1 Å². The SMILES string of the molecule is CN(Cc1ccccc1F)c1cc(Br)cc(CN)c1. The zero-order valence-electron chi connectivity index (χ0n) is 10.7. The maximum atomic E-state index is 13.6. The van der Waals surface area contributed by atoms with Crippen molar-refractivity contribution in [2.24, 2.45) is 5.73 Å². The molecule has 0 atom stereocenters. The molecular formula is C15H16BrFN2. The normalized spacial score (nSPS) is 10.5. The van der Waals surface area contributed by atoms with Crippen LogP contribution < -0.4 is 10.6 Å². The van der Waals surface area contributed by atoms with Crippen LogP contribution in [0.3, 0.4) is 0 Å². The lowest BCUT2D eigenvalue weighted by atomic mass is 10.1. The van der Waals surface area contributed by atoms with Gasteiger partial charge in [-0.15, -0.1) is 0 Å². The first-order valence-corrected chi connectivity index (χ1v) is 6.83. The summed E-state index contributed by atoms with van der Waals surface area (Å²) in [5.74, 6) is -0.177. The van der Waals surface area contributed by atoms with E-state index in [1.54, 1.807) is 12.1 Å². The monoisotopic (exact) mass is 322 g/mol. The van der Waals surface area contributed by atoms with Crippen molar-refractivity contribution in [3.8, 4) is 0 Å². The lowest BCUT2D eigenvalue weighted by molar-refractivity contribution is 0.608. The van der Waals surface area contributed by atoms with Gasteiger partial charge in [-0.2, -0.15) is 0 Å². The fourth-order valence-electron chi connectivity index (χ4n) is 1.94. The number of benzene rings is 2. The van der Waals surface area contributed by atoms with Gasteiger partial charge >= 0.3 is 0 Å². The van der Waals surface area contributed by atoms with Crippen LogP contribution in [0.2, 0.25) is 0 Å². The van der Waals surface area contributed by atoms with Crippen LogP contribution in [0.1, 0.15) is 11.1 Å². The van der Waals surface area contributed by atoms with Crippen LogP contribution in [0.5, 0.6) is 0 Å². The zero-order chi connectivity index (χ0) is 13.8. The predicted molar refractivity (Wildman–Crippen MR) is 80.5 cm³/mol. The standard InChI is InChI=1S/C15H16BrFN2/c1-19(10-12-4-2-3-5-15(12)17)14-7-11(9-18)6-13(16)8-14/h2-8H,9-10,18H2,1H3. The molecule has 2 aromatic carbocycles. The summed E-state index contributed by atoms with van der Waals surface area (Å²) in [7, 11) is 1.94.